The first-order valence-corrected chi connectivity index (χ1v) is 4.29. The maximum Gasteiger partial charge on any atom is 0.152 e. The maximum atomic E-state index is 10.5. The van der Waals surface area contributed by atoms with Gasteiger partial charge in [-0.25, -0.2) is 0 Å². The van der Waals surface area contributed by atoms with Gasteiger partial charge in [-0.1, -0.05) is 20.8 Å². The average Bonchev–Trinajstić information content (AvgIpc) is 2.31. The number of aldehydes is 1. The number of nitrogens with zero attached hydrogens (tertiary/aromatic N) is 1. The summed E-state index contributed by atoms with van der Waals surface area (Å²) < 4.78 is 4.17. The van der Waals surface area contributed by atoms with E-state index < -0.39 is 0 Å². The van der Waals surface area contributed by atoms with E-state index in [0.717, 1.165) is 17.5 Å². The highest BCUT2D eigenvalue weighted by molar-refractivity contribution is 7.03. The zero-order valence-corrected chi connectivity index (χ0v) is 7.73. The topological polar surface area (TPSA) is 30.0 Å². The van der Waals surface area contributed by atoms with Crippen molar-refractivity contribution < 1.29 is 4.79 Å². The van der Waals surface area contributed by atoms with E-state index in [9.17, 15) is 4.79 Å². The minimum absolute atomic E-state index is 0.0176. The van der Waals surface area contributed by atoms with Crippen LogP contribution in [0.3, 0.4) is 0 Å². The Labute approximate surface area is 70.4 Å². The first-order chi connectivity index (χ1) is 5.05. The maximum absolute atomic E-state index is 10.5. The molecule has 0 aliphatic rings. The van der Waals surface area contributed by atoms with Crippen molar-refractivity contribution in [3.8, 4) is 0 Å². The summed E-state index contributed by atoms with van der Waals surface area (Å²) in [6.45, 7) is 6.15. The number of hydrogen-bond acceptors (Lipinski definition) is 3. The first kappa shape index (κ1) is 8.40. The molecule has 0 radical (unpaired) electrons. The molecule has 2 nitrogen and oxygen atoms in total. The van der Waals surface area contributed by atoms with Crippen molar-refractivity contribution in [1.82, 2.24) is 4.37 Å². The smallest absolute Gasteiger partial charge is 0.152 e. The van der Waals surface area contributed by atoms with Crippen LogP contribution in [0.4, 0.5) is 0 Å². The Morgan fingerprint density at radius 3 is 2.55 bits per heavy atom. The third-order valence-electron chi connectivity index (χ3n) is 1.43. The molecule has 0 fully saturated rings. The molecule has 3 heteroatoms. The third-order valence-corrected chi connectivity index (χ3v) is 2.08. The Hall–Kier alpha value is -0.700. The Morgan fingerprint density at radius 1 is 1.55 bits per heavy atom. The summed E-state index contributed by atoms with van der Waals surface area (Å²) in [6.07, 6.45) is 0.865. The van der Waals surface area contributed by atoms with Gasteiger partial charge in [0, 0.05) is 16.4 Å². The molecule has 0 aliphatic carbocycles. The summed E-state index contributed by atoms with van der Waals surface area (Å²) in [7, 11) is 0. The second-order valence-electron chi connectivity index (χ2n) is 3.49. The van der Waals surface area contributed by atoms with E-state index in [1.807, 2.05) is 0 Å². The van der Waals surface area contributed by atoms with Crippen molar-refractivity contribution in [3.63, 3.8) is 0 Å². The number of carbonyl (C=O) groups is 1. The van der Waals surface area contributed by atoms with Gasteiger partial charge in [0.1, 0.15) is 0 Å². The summed E-state index contributed by atoms with van der Waals surface area (Å²) in [6, 6.07) is 0. The van der Waals surface area contributed by atoms with Gasteiger partial charge in [0.05, 0.1) is 5.69 Å². The Balaban J connectivity index is 3.12. The molecule has 0 saturated heterocycles. The number of hydrogen-bond donors (Lipinski definition) is 0. The van der Waals surface area contributed by atoms with E-state index in [-0.39, 0.29) is 5.41 Å². The van der Waals surface area contributed by atoms with Crippen molar-refractivity contribution in [2.24, 2.45) is 0 Å². The van der Waals surface area contributed by atoms with Gasteiger partial charge in [-0.15, -0.1) is 0 Å². The summed E-state index contributed by atoms with van der Waals surface area (Å²) in [5.41, 5.74) is 1.61. The van der Waals surface area contributed by atoms with Crippen LogP contribution in [0.5, 0.6) is 0 Å². The fourth-order valence-corrected chi connectivity index (χ4v) is 1.72. The van der Waals surface area contributed by atoms with Gasteiger partial charge in [-0.05, 0) is 11.5 Å². The lowest BCUT2D eigenvalue weighted by Gasteiger charge is -2.15. The van der Waals surface area contributed by atoms with E-state index in [1.54, 1.807) is 5.38 Å². The van der Waals surface area contributed by atoms with Gasteiger partial charge in [0.15, 0.2) is 6.29 Å². The minimum Gasteiger partial charge on any atom is -0.298 e. The van der Waals surface area contributed by atoms with Crippen molar-refractivity contribution in [1.29, 1.82) is 0 Å². The normalized spacial score (nSPS) is 11.5. The van der Waals surface area contributed by atoms with Gasteiger partial charge in [0.2, 0.25) is 0 Å². The van der Waals surface area contributed by atoms with Crippen LogP contribution in [0.25, 0.3) is 0 Å². The van der Waals surface area contributed by atoms with Gasteiger partial charge in [-0.3, -0.25) is 4.79 Å². The minimum atomic E-state index is -0.0176. The van der Waals surface area contributed by atoms with Crippen LogP contribution < -0.4 is 0 Å². The van der Waals surface area contributed by atoms with Crippen LogP contribution in [0.1, 0.15) is 36.8 Å². The van der Waals surface area contributed by atoms with Gasteiger partial charge >= 0.3 is 0 Å². The van der Waals surface area contributed by atoms with Crippen LogP contribution in [-0.4, -0.2) is 10.7 Å². The standard InChI is InChI=1S/C8H11NOS/c1-8(2,3)7-6(4-10)5-11-9-7/h4-5H,1-3H3. The molecule has 0 bridgehead atoms. The molecule has 1 rings (SSSR count). The molecule has 1 aromatic heterocycles. The van der Waals surface area contributed by atoms with Crippen LogP contribution in [0.15, 0.2) is 5.38 Å². The Bertz CT molecular complexity index is 259. The van der Waals surface area contributed by atoms with Crippen molar-refractivity contribution in [2.75, 3.05) is 0 Å². The van der Waals surface area contributed by atoms with Crippen LogP contribution in [-0.2, 0) is 5.41 Å². The van der Waals surface area contributed by atoms with Crippen molar-refractivity contribution in [3.05, 3.63) is 16.6 Å². The SMILES string of the molecule is CC(C)(C)c1nscc1C=O. The largest absolute Gasteiger partial charge is 0.298 e. The predicted octanol–water partition coefficient (Wildman–Crippen LogP) is 2.25. The monoisotopic (exact) mass is 169 g/mol. The van der Waals surface area contributed by atoms with E-state index >= 15 is 0 Å². The summed E-state index contributed by atoms with van der Waals surface area (Å²) >= 11 is 1.34. The van der Waals surface area contributed by atoms with Crippen molar-refractivity contribution in [2.45, 2.75) is 26.2 Å². The number of carbonyl (C=O) groups excluding carboxylic acids is 1. The van der Waals surface area contributed by atoms with Crippen LogP contribution in [0, 0.1) is 0 Å². The Morgan fingerprint density at radius 2 is 2.18 bits per heavy atom. The molecule has 0 aromatic carbocycles. The molecule has 1 aromatic rings. The quantitative estimate of drug-likeness (QED) is 0.603. The predicted molar refractivity (Wildman–Crippen MR) is 46.2 cm³/mol. The molecule has 60 valence electrons. The zero-order chi connectivity index (χ0) is 8.48. The highest BCUT2D eigenvalue weighted by Gasteiger charge is 2.20. The van der Waals surface area contributed by atoms with E-state index in [0.29, 0.717) is 0 Å². The zero-order valence-electron chi connectivity index (χ0n) is 6.92. The molecule has 11 heavy (non-hydrogen) atoms. The second-order valence-corrected chi connectivity index (χ2v) is 4.12. The highest BCUT2D eigenvalue weighted by Crippen LogP contribution is 2.24. The summed E-state index contributed by atoms with van der Waals surface area (Å²) in [5, 5.41) is 1.79. The molecular weight excluding hydrogens is 158 g/mol. The van der Waals surface area contributed by atoms with Crippen LogP contribution in [0.2, 0.25) is 0 Å². The first-order valence-electron chi connectivity index (χ1n) is 3.45. The molecule has 0 unspecified atom stereocenters. The molecule has 1 heterocycles. The molecule has 0 saturated carbocycles. The lowest BCUT2D eigenvalue weighted by atomic mass is 9.90. The lowest BCUT2D eigenvalue weighted by molar-refractivity contribution is 0.112. The lowest BCUT2D eigenvalue weighted by Crippen LogP contribution is -2.13. The molecule has 0 aliphatic heterocycles. The fourth-order valence-electron chi connectivity index (χ4n) is 0.898. The highest BCUT2D eigenvalue weighted by atomic mass is 32.1. The van der Waals surface area contributed by atoms with Crippen molar-refractivity contribution >= 4 is 17.8 Å². The molecular formula is C8H11NOS. The number of aromatic nitrogens is 1. The van der Waals surface area contributed by atoms with E-state index in [4.69, 9.17) is 0 Å². The Kier molecular flexibility index (Phi) is 2.09. The fraction of sp³-hybridized carbons (Fsp3) is 0.500. The summed E-state index contributed by atoms with van der Waals surface area (Å²) in [5.74, 6) is 0. The van der Waals surface area contributed by atoms with E-state index in [2.05, 4.69) is 25.1 Å². The van der Waals surface area contributed by atoms with Gasteiger partial charge in [-0.2, -0.15) is 4.37 Å². The molecule has 0 spiro atoms. The van der Waals surface area contributed by atoms with E-state index in [1.165, 1.54) is 11.5 Å². The summed E-state index contributed by atoms with van der Waals surface area (Å²) in [4.78, 5) is 10.5. The van der Waals surface area contributed by atoms with Gasteiger partial charge < -0.3 is 0 Å². The molecule has 0 atom stereocenters. The molecule has 0 amide bonds. The van der Waals surface area contributed by atoms with Gasteiger partial charge in [0.25, 0.3) is 0 Å². The average molecular weight is 169 g/mol. The van der Waals surface area contributed by atoms with Crippen LogP contribution >= 0.6 is 11.5 Å². The second kappa shape index (κ2) is 2.74. The molecule has 0 N–H and O–H groups in total. The third kappa shape index (κ3) is 1.66. The number of rotatable bonds is 1.